The molecule has 24 heavy (non-hydrogen) atoms. The second-order valence-electron chi connectivity index (χ2n) is 7.29. The zero-order valence-electron chi connectivity index (χ0n) is 13.8. The molecule has 0 radical (unpaired) electrons. The third-order valence-electron chi connectivity index (χ3n) is 5.57. The maximum atomic E-state index is 12.3. The Morgan fingerprint density at radius 3 is 2.79 bits per heavy atom. The monoisotopic (exact) mass is 336 g/mol. The lowest BCUT2D eigenvalue weighted by Gasteiger charge is -2.25. The lowest BCUT2D eigenvalue weighted by molar-refractivity contribution is -0.148. The summed E-state index contributed by atoms with van der Waals surface area (Å²) >= 11 is 0. The van der Waals surface area contributed by atoms with Crippen molar-refractivity contribution in [3.05, 3.63) is 11.6 Å². The first-order valence-electron chi connectivity index (χ1n) is 8.27. The van der Waals surface area contributed by atoms with Crippen molar-refractivity contribution in [1.82, 2.24) is 0 Å². The zero-order valence-corrected chi connectivity index (χ0v) is 13.8. The fourth-order valence-electron chi connectivity index (χ4n) is 4.19. The highest BCUT2D eigenvalue weighted by atomic mass is 16.6. The van der Waals surface area contributed by atoms with Gasteiger partial charge in [-0.15, -0.1) is 0 Å². The van der Waals surface area contributed by atoms with Crippen LogP contribution >= 0.6 is 0 Å². The summed E-state index contributed by atoms with van der Waals surface area (Å²) in [5.41, 5.74) is -0.105. The van der Waals surface area contributed by atoms with Gasteiger partial charge in [-0.05, 0) is 13.0 Å². The van der Waals surface area contributed by atoms with Crippen LogP contribution in [0.1, 0.15) is 33.6 Å². The number of carbonyl (C=O) groups is 3. The highest BCUT2D eigenvalue weighted by Gasteiger charge is 2.60. The van der Waals surface area contributed by atoms with Crippen LogP contribution in [-0.4, -0.2) is 47.9 Å². The van der Waals surface area contributed by atoms with Crippen LogP contribution in [0.4, 0.5) is 0 Å². The Kier molecular flexibility index (Phi) is 3.29. The van der Waals surface area contributed by atoms with Crippen LogP contribution in [0.2, 0.25) is 0 Å². The van der Waals surface area contributed by atoms with E-state index >= 15 is 0 Å². The van der Waals surface area contributed by atoms with Gasteiger partial charge in [-0.25, -0.2) is 4.79 Å². The van der Waals surface area contributed by atoms with Crippen LogP contribution in [0.25, 0.3) is 0 Å². The predicted octanol–water partition coefficient (Wildman–Crippen LogP) is 0.899. The first kappa shape index (κ1) is 15.6. The molecule has 4 rings (SSSR count). The fourth-order valence-corrected chi connectivity index (χ4v) is 4.19. The molecule has 0 unspecified atom stereocenters. The highest BCUT2D eigenvalue weighted by molar-refractivity contribution is 5.92. The van der Waals surface area contributed by atoms with Crippen molar-refractivity contribution in [2.24, 2.45) is 11.8 Å². The average Bonchev–Trinajstić information content (AvgIpc) is 2.80. The molecule has 7 heteroatoms. The second kappa shape index (κ2) is 5.05. The molecule has 2 fully saturated rings. The molecule has 130 valence electrons. The van der Waals surface area contributed by atoms with Crippen molar-refractivity contribution in [1.29, 1.82) is 0 Å². The van der Waals surface area contributed by atoms with Gasteiger partial charge in [0, 0.05) is 25.7 Å². The number of ether oxygens (including phenoxy) is 4. The van der Waals surface area contributed by atoms with E-state index in [9.17, 15) is 14.4 Å². The van der Waals surface area contributed by atoms with Crippen LogP contribution in [0.3, 0.4) is 0 Å². The minimum Gasteiger partial charge on any atom is -0.462 e. The molecule has 7 atom stereocenters. The van der Waals surface area contributed by atoms with E-state index in [2.05, 4.69) is 0 Å². The third kappa shape index (κ3) is 2.33. The third-order valence-corrected chi connectivity index (χ3v) is 5.57. The van der Waals surface area contributed by atoms with Gasteiger partial charge < -0.3 is 18.9 Å². The molecule has 7 nitrogen and oxygen atoms in total. The Balaban J connectivity index is 1.72. The van der Waals surface area contributed by atoms with Crippen molar-refractivity contribution in [3.8, 4) is 0 Å². The van der Waals surface area contributed by atoms with Gasteiger partial charge in [-0.2, -0.15) is 0 Å². The summed E-state index contributed by atoms with van der Waals surface area (Å²) in [6, 6.07) is 0. The maximum absolute atomic E-state index is 12.3. The van der Waals surface area contributed by atoms with E-state index in [0.29, 0.717) is 18.4 Å². The van der Waals surface area contributed by atoms with E-state index in [1.807, 2.05) is 6.92 Å². The van der Waals surface area contributed by atoms with Gasteiger partial charge in [0.2, 0.25) is 0 Å². The lowest BCUT2D eigenvalue weighted by Crippen LogP contribution is -2.35. The van der Waals surface area contributed by atoms with Gasteiger partial charge in [0.15, 0.2) is 0 Å². The second-order valence-corrected chi connectivity index (χ2v) is 7.29. The van der Waals surface area contributed by atoms with Crippen molar-refractivity contribution >= 4 is 17.9 Å². The Morgan fingerprint density at radius 2 is 2.08 bits per heavy atom. The van der Waals surface area contributed by atoms with E-state index < -0.39 is 29.7 Å². The summed E-state index contributed by atoms with van der Waals surface area (Å²) in [4.78, 5) is 35.8. The molecule has 0 amide bonds. The van der Waals surface area contributed by atoms with E-state index in [4.69, 9.17) is 18.9 Å². The molecular weight excluding hydrogens is 316 g/mol. The SMILES string of the molecule is CC(=O)O[C@H]1C[C@@H]2O[C@@]2(C)C[C@@H]2OC(=O)[C@H](C)[C@H]2[C@H]2C=C1C(=O)O2. The van der Waals surface area contributed by atoms with Crippen molar-refractivity contribution in [2.75, 3.05) is 0 Å². The van der Waals surface area contributed by atoms with E-state index in [0.717, 1.165) is 0 Å². The molecular formula is C17H20O7. The van der Waals surface area contributed by atoms with Crippen LogP contribution in [0.15, 0.2) is 11.6 Å². The van der Waals surface area contributed by atoms with E-state index in [1.54, 1.807) is 13.0 Å². The van der Waals surface area contributed by atoms with Gasteiger partial charge in [0.1, 0.15) is 18.3 Å². The van der Waals surface area contributed by atoms with Gasteiger partial charge in [0.05, 0.1) is 23.2 Å². The fraction of sp³-hybridized carbons (Fsp3) is 0.706. The minimum atomic E-state index is -0.684. The predicted molar refractivity (Wildman–Crippen MR) is 78.6 cm³/mol. The Hall–Kier alpha value is -1.89. The number of esters is 3. The van der Waals surface area contributed by atoms with Gasteiger partial charge in [-0.3, -0.25) is 9.59 Å². The minimum absolute atomic E-state index is 0.150. The van der Waals surface area contributed by atoms with Crippen molar-refractivity contribution in [3.63, 3.8) is 0 Å². The van der Waals surface area contributed by atoms with Gasteiger partial charge in [-0.1, -0.05) is 6.92 Å². The molecule has 2 saturated heterocycles. The zero-order chi connectivity index (χ0) is 17.2. The molecule has 2 bridgehead atoms. The number of fused-ring (bicyclic) bond motifs is 4. The summed E-state index contributed by atoms with van der Waals surface area (Å²) in [6.45, 7) is 5.05. The molecule has 0 aromatic carbocycles. The normalized spacial score (nSPS) is 46.2. The van der Waals surface area contributed by atoms with Gasteiger partial charge in [0.25, 0.3) is 0 Å². The topological polar surface area (TPSA) is 91.4 Å². The van der Waals surface area contributed by atoms with Gasteiger partial charge >= 0.3 is 17.9 Å². The smallest absolute Gasteiger partial charge is 0.338 e. The van der Waals surface area contributed by atoms with Crippen molar-refractivity contribution < 1.29 is 33.3 Å². The lowest BCUT2D eigenvalue weighted by atomic mass is 9.81. The summed E-state index contributed by atoms with van der Waals surface area (Å²) in [5.74, 6) is -1.85. The number of carbonyl (C=O) groups excluding carboxylic acids is 3. The van der Waals surface area contributed by atoms with E-state index in [-0.39, 0.29) is 30.0 Å². The number of hydrogen-bond acceptors (Lipinski definition) is 7. The van der Waals surface area contributed by atoms with Crippen molar-refractivity contribution in [2.45, 2.75) is 63.6 Å². The summed E-state index contributed by atoms with van der Waals surface area (Å²) in [5, 5.41) is 0. The molecule has 1 aliphatic carbocycles. The molecule has 3 aliphatic heterocycles. The molecule has 0 aromatic rings. The number of epoxide rings is 1. The Bertz CT molecular complexity index is 653. The molecule has 4 aliphatic rings. The Morgan fingerprint density at radius 1 is 1.33 bits per heavy atom. The summed E-state index contributed by atoms with van der Waals surface area (Å²) in [7, 11) is 0. The van der Waals surface area contributed by atoms with E-state index in [1.165, 1.54) is 6.92 Å². The maximum Gasteiger partial charge on any atom is 0.338 e. The molecule has 0 aromatic heterocycles. The first-order chi connectivity index (χ1) is 11.3. The summed E-state index contributed by atoms with van der Waals surface area (Å²) in [6.07, 6.45) is 0.904. The molecule has 0 saturated carbocycles. The standard InChI is InChI=1S/C17H20O7/c1-7-14-11-4-9(16(20)22-11)10(21-8(2)18)5-13-17(3,24-13)6-12(14)23-15(7)19/h4,7,10-14H,5-6H2,1-3H3/t7-,10+,11-,12+,13+,14+,17+/m1/s1. The number of rotatable bonds is 1. The molecule has 0 N–H and O–H groups in total. The quantitative estimate of drug-likeness (QED) is 0.399. The van der Waals surface area contributed by atoms with Crippen LogP contribution in [0, 0.1) is 11.8 Å². The molecule has 3 heterocycles. The van der Waals surface area contributed by atoms with Crippen LogP contribution in [-0.2, 0) is 33.3 Å². The number of hydrogen-bond donors (Lipinski definition) is 0. The molecule has 0 spiro atoms. The van der Waals surface area contributed by atoms with Crippen LogP contribution < -0.4 is 0 Å². The highest BCUT2D eigenvalue weighted by Crippen LogP contribution is 2.50. The largest absolute Gasteiger partial charge is 0.462 e. The average molecular weight is 336 g/mol. The Labute approximate surface area is 139 Å². The van der Waals surface area contributed by atoms with Crippen LogP contribution in [0.5, 0.6) is 0 Å². The first-order valence-corrected chi connectivity index (χ1v) is 8.27. The summed E-state index contributed by atoms with van der Waals surface area (Å²) < 4.78 is 22.2.